The first-order chi connectivity index (χ1) is 12.3. The molecule has 122 valence electrons. The SMILES string of the molecule is Cc1nc2ncncc2n1Cc1ccc2c(c1)Nc1nccnc1S2. The van der Waals surface area contributed by atoms with Crippen molar-refractivity contribution < 1.29 is 0 Å². The average Bonchev–Trinajstić information content (AvgIpc) is 2.95. The molecule has 0 amide bonds. The van der Waals surface area contributed by atoms with Crippen molar-refractivity contribution >= 4 is 34.4 Å². The highest BCUT2D eigenvalue weighted by Crippen LogP contribution is 2.42. The van der Waals surface area contributed by atoms with Crippen molar-refractivity contribution in [2.45, 2.75) is 23.4 Å². The van der Waals surface area contributed by atoms with Gasteiger partial charge in [-0.15, -0.1) is 0 Å². The molecule has 0 atom stereocenters. The van der Waals surface area contributed by atoms with Gasteiger partial charge in [0.2, 0.25) is 0 Å². The number of hydrogen-bond acceptors (Lipinski definition) is 7. The van der Waals surface area contributed by atoms with Crippen molar-refractivity contribution in [3.8, 4) is 0 Å². The second kappa shape index (κ2) is 5.52. The third-order valence-corrected chi connectivity index (χ3v) is 5.20. The minimum Gasteiger partial charge on any atom is -0.337 e. The van der Waals surface area contributed by atoms with E-state index in [4.69, 9.17) is 0 Å². The van der Waals surface area contributed by atoms with E-state index in [1.807, 2.05) is 6.92 Å². The molecule has 1 aromatic carbocycles. The number of aryl methyl sites for hydroxylation is 1. The Hall–Kier alpha value is -3.00. The van der Waals surface area contributed by atoms with Gasteiger partial charge in [-0.25, -0.2) is 24.9 Å². The molecule has 0 saturated heterocycles. The fourth-order valence-electron chi connectivity index (χ4n) is 2.94. The van der Waals surface area contributed by atoms with Crippen LogP contribution in [0.4, 0.5) is 11.5 Å². The maximum Gasteiger partial charge on any atom is 0.180 e. The molecule has 0 radical (unpaired) electrons. The van der Waals surface area contributed by atoms with Crippen LogP contribution in [0.2, 0.25) is 0 Å². The van der Waals surface area contributed by atoms with Crippen LogP contribution in [0, 0.1) is 6.92 Å². The minimum atomic E-state index is 0.711. The second-order valence-corrected chi connectivity index (χ2v) is 6.78. The Morgan fingerprint density at radius 1 is 1.16 bits per heavy atom. The molecule has 0 bridgehead atoms. The van der Waals surface area contributed by atoms with Gasteiger partial charge in [0.1, 0.15) is 22.7 Å². The number of nitrogens with one attached hydrogen (secondary N) is 1. The van der Waals surface area contributed by atoms with E-state index >= 15 is 0 Å². The molecule has 1 aliphatic rings. The molecule has 5 rings (SSSR count). The normalized spacial score (nSPS) is 12.5. The number of fused-ring (bicyclic) bond motifs is 3. The molecule has 0 saturated carbocycles. The summed E-state index contributed by atoms with van der Waals surface area (Å²) in [4.78, 5) is 22.7. The van der Waals surface area contributed by atoms with Gasteiger partial charge in [0.05, 0.1) is 11.9 Å². The summed E-state index contributed by atoms with van der Waals surface area (Å²) >= 11 is 1.63. The number of aromatic nitrogens is 6. The van der Waals surface area contributed by atoms with Crippen molar-refractivity contribution in [2.24, 2.45) is 0 Å². The fourth-order valence-corrected chi connectivity index (χ4v) is 3.82. The molecule has 4 heterocycles. The maximum absolute atomic E-state index is 4.50. The van der Waals surface area contributed by atoms with E-state index < -0.39 is 0 Å². The summed E-state index contributed by atoms with van der Waals surface area (Å²) in [5, 5.41) is 4.27. The van der Waals surface area contributed by atoms with E-state index in [0.29, 0.717) is 6.54 Å². The topological polar surface area (TPSA) is 81.4 Å². The van der Waals surface area contributed by atoms with Gasteiger partial charge in [-0.05, 0) is 24.6 Å². The van der Waals surface area contributed by atoms with Crippen molar-refractivity contribution in [1.82, 2.24) is 29.5 Å². The molecule has 0 spiro atoms. The minimum absolute atomic E-state index is 0.711. The lowest BCUT2D eigenvalue weighted by atomic mass is 10.2. The van der Waals surface area contributed by atoms with Gasteiger partial charge in [-0.2, -0.15) is 0 Å². The van der Waals surface area contributed by atoms with Gasteiger partial charge >= 0.3 is 0 Å². The van der Waals surface area contributed by atoms with Crippen LogP contribution in [0.15, 0.2) is 53.0 Å². The van der Waals surface area contributed by atoms with E-state index in [1.54, 1.807) is 30.4 Å². The molecular weight excluding hydrogens is 334 g/mol. The van der Waals surface area contributed by atoms with Crippen LogP contribution in [0.1, 0.15) is 11.4 Å². The summed E-state index contributed by atoms with van der Waals surface area (Å²) in [6.45, 7) is 2.70. The molecule has 7 nitrogen and oxygen atoms in total. The largest absolute Gasteiger partial charge is 0.337 e. The summed E-state index contributed by atoms with van der Waals surface area (Å²) in [5.74, 6) is 1.72. The van der Waals surface area contributed by atoms with Crippen LogP contribution in [-0.2, 0) is 6.54 Å². The smallest absolute Gasteiger partial charge is 0.180 e. The number of rotatable bonds is 2. The first-order valence-electron chi connectivity index (χ1n) is 7.79. The average molecular weight is 347 g/mol. The van der Waals surface area contributed by atoms with Crippen molar-refractivity contribution in [1.29, 1.82) is 0 Å². The Balaban J connectivity index is 1.51. The number of nitrogens with zero attached hydrogens (tertiary/aromatic N) is 6. The van der Waals surface area contributed by atoms with E-state index in [2.05, 4.69) is 53.0 Å². The van der Waals surface area contributed by atoms with Crippen LogP contribution in [0.3, 0.4) is 0 Å². The molecular formula is C17H13N7S. The Morgan fingerprint density at radius 3 is 3.04 bits per heavy atom. The Kier molecular flexibility index (Phi) is 3.17. The summed E-state index contributed by atoms with van der Waals surface area (Å²) in [7, 11) is 0. The predicted molar refractivity (Wildman–Crippen MR) is 95.0 cm³/mol. The van der Waals surface area contributed by atoms with Gasteiger partial charge in [-0.3, -0.25) is 0 Å². The molecule has 4 aromatic rings. The van der Waals surface area contributed by atoms with Crippen LogP contribution in [0.25, 0.3) is 11.2 Å². The zero-order valence-corrected chi connectivity index (χ0v) is 14.2. The lowest BCUT2D eigenvalue weighted by molar-refractivity contribution is 0.784. The number of imidazole rings is 1. The van der Waals surface area contributed by atoms with Crippen molar-refractivity contribution in [3.05, 3.63) is 54.5 Å². The predicted octanol–water partition coefficient (Wildman–Crippen LogP) is 3.18. The molecule has 3 aromatic heterocycles. The third-order valence-electron chi connectivity index (χ3n) is 4.13. The zero-order valence-electron chi connectivity index (χ0n) is 13.3. The first-order valence-corrected chi connectivity index (χ1v) is 8.61. The van der Waals surface area contributed by atoms with Crippen LogP contribution < -0.4 is 5.32 Å². The molecule has 0 aliphatic carbocycles. The molecule has 8 heteroatoms. The molecule has 1 aliphatic heterocycles. The molecule has 1 N–H and O–H groups in total. The number of benzene rings is 1. The Morgan fingerprint density at radius 2 is 2.08 bits per heavy atom. The highest BCUT2D eigenvalue weighted by Gasteiger charge is 2.18. The molecule has 25 heavy (non-hydrogen) atoms. The second-order valence-electron chi connectivity index (χ2n) is 5.74. The maximum atomic E-state index is 4.50. The monoisotopic (exact) mass is 347 g/mol. The summed E-state index contributed by atoms with van der Waals surface area (Å²) in [6, 6.07) is 6.39. The number of hydrogen-bond donors (Lipinski definition) is 1. The molecule has 0 fully saturated rings. The van der Waals surface area contributed by atoms with Crippen LogP contribution >= 0.6 is 11.8 Å². The summed E-state index contributed by atoms with van der Waals surface area (Å²) in [5.41, 5.74) is 3.89. The fraction of sp³-hybridized carbons (Fsp3) is 0.118. The first kappa shape index (κ1) is 14.4. The van der Waals surface area contributed by atoms with E-state index in [9.17, 15) is 0 Å². The van der Waals surface area contributed by atoms with Crippen molar-refractivity contribution in [3.63, 3.8) is 0 Å². The molecule has 0 unspecified atom stereocenters. The van der Waals surface area contributed by atoms with Gasteiger partial charge in [0.15, 0.2) is 11.5 Å². The van der Waals surface area contributed by atoms with E-state index in [0.717, 1.165) is 38.4 Å². The van der Waals surface area contributed by atoms with Crippen LogP contribution in [-0.4, -0.2) is 29.5 Å². The number of anilines is 2. The van der Waals surface area contributed by atoms with E-state index in [1.165, 1.54) is 11.9 Å². The Bertz CT molecular complexity index is 1110. The van der Waals surface area contributed by atoms with Gasteiger partial charge < -0.3 is 9.88 Å². The summed E-state index contributed by atoms with van der Waals surface area (Å²) < 4.78 is 2.13. The van der Waals surface area contributed by atoms with Gasteiger partial charge in [-0.1, -0.05) is 17.8 Å². The van der Waals surface area contributed by atoms with E-state index in [-0.39, 0.29) is 0 Å². The Labute approximate surface area is 147 Å². The zero-order chi connectivity index (χ0) is 16.8. The highest BCUT2D eigenvalue weighted by molar-refractivity contribution is 7.99. The van der Waals surface area contributed by atoms with Crippen molar-refractivity contribution in [2.75, 3.05) is 5.32 Å². The van der Waals surface area contributed by atoms with Crippen LogP contribution in [0.5, 0.6) is 0 Å². The lowest BCUT2D eigenvalue weighted by Gasteiger charge is -2.19. The standard InChI is InChI=1S/C17H13N7S/c1-10-22-15-13(7-18-9-21-15)24(10)8-11-2-3-14-12(6-11)23-16-17(25-14)20-5-4-19-16/h2-7,9H,8H2,1H3,(H,19,23). The lowest BCUT2D eigenvalue weighted by Crippen LogP contribution is -2.06. The highest BCUT2D eigenvalue weighted by atomic mass is 32.2. The van der Waals surface area contributed by atoms with Gasteiger partial charge in [0.25, 0.3) is 0 Å². The third kappa shape index (κ3) is 2.42. The quantitative estimate of drug-likeness (QED) is 0.525. The summed E-state index contributed by atoms with van der Waals surface area (Å²) in [6.07, 6.45) is 6.74. The van der Waals surface area contributed by atoms with Gasteiger partial charge in [0, 0.05) is 23.8 Å².